The van der Waals surface area contributed by atoms with Crippen LogP contribution in [-0.4, -0.2) is 11.4 Å². The summed E-state index contributed by atoms with van der Waals surface area (Å²) in [6.45, 7) is 13.6. The van der Waals surface area contributed by atoms with Crippen molar-refractivity contribution in [1.82, 2.24) is 0 Å². The first kappa shape index (κ1) is 33.3. The number of hydrogen-bond donors (Lipinski definition) is 0. The van der Waals surface area contributed by atoms with Crippen LogP contribution in [0.3, 0.4) is 0 Å². The molecule has 2 nitrogen and oxygen atoms in total. The van der Waals surface area contributed by atoms with Crippen molar-refractivity contribution in [2.75, 3.05) is 0 Å². The maximum Gasteiger partial charge on any atom is 0.0636 e. The van der Waals surface area contributed by atoms with E-state index in [2.05, 4.69) is 77.9 Å². The molecule has 0 aromatic heterocycles. The number of hydrogen-bond acceptors (Lipinski definition) is 2. The van der Waals surface area contributed by atoms with Crippen molar-refractivity contribution in [3.8, 4) is 0 Å². The van der Waals surface area contributed by atoms with E-state index in [1.54, 1.807) is 0 Å². The fourth-order valence-corrected chi connectivity index (χ4v) is 4.92. The van der Waals surface area contributed by atoms with Crippen LogP contribution < -0.4 is 0 Å². The van der Waals surface area contributed by atoms with Gasteiger partial charge in [-0.2, -0.15) is 0 Å². The van der Waals surface area contributed by atoms with E-state index in [4.69, 9.17) is 9.98 Å². The number of rotatable bonds is 17. The summed E-state index contributed by atoms with van der Waals surface area (Å²) in [5.74, 6) is 0. The molecule has 208 valence electrons. The molecule has 2 rings (SSSR count). The Balaban J connectivity index is 0.00000684. The quantitative estimate of drug-likeness (QED) is 0.139. The molecule has 0 atom stereocenters. The van der Waals surface area contributed by atoms with Crippen molar-refractivity contribution in [1.29, 1.82) is 0 Å². The number of aryl methyl sites for hydroxylation is 4. The smallest absolute Gasteiger partial charge is 0.0636 e. The molecule has 3 heteroatoms. The number of benzene rings is 2. The third kappa shape index (κ3) is 11.3. The number of unbranched alkanes of at least 4 members (excludes halogenated alkanes) is 2. The van der Waals surface area contributed by atoms with E-state index in [0.717, 1.165) is 62.7 Å². The Hall–Kier alpha value is -1.73. The second kappa shape index (κ2) is 19.4. The molecule has 0 radical (unpaired) electrons. The van der Waals surface area contributed by atoms with E-state index in [1.807, 2.05) is 0 Å². The predicted octanol–water partition coefficient (Wildman–Crippen LogP) is 10.7. The molecule has 0 aliphatic heterocycles. The van der Waals surface area contributed by atoms with Gasteiger partial charge >= 0.3 is 0 Å². The van der Waals surface area contributed by atoms with E-state index in [1.165, 1.54) is 72.2 Å². The Morgan fingerprint density at radius 3 is 1.16 bits per heavy atom. The molecule has 0 N–H and O–H groups in total. The summed E-state index contributed by atoms with van der Waals surface area (Å²) >= 11 is 0. The second-order valence-electron chi connectivity index (χ2n) is 10.2. The van der Waals surface area contributed by atoms with Crippen molar-refractivity contribution in [3.63, 3.8) is 0 Å². The Kier molecular flexibility index (Phi) is 17.4. The van der Waals surface area contributed by atoms with Crippen molar-refractivity contribution in [2.45, 2.75) is 131 Å². The molecular formula is C34H52N2Ni. The van der Waals surface area contributed by atoms with Gasteiger partial charge < -0.3 is 0 Å². The van der Waals surface area contributed by atoms with E-state index in [9.17, 15) is 0 Å². The molecule has 0 bridgehead atoms. The van der Waals surface area contributed by atoms with Gasteiger partial charge in [-0.25, -0.2) is 0 Å². The van der Waals surface area contributed by atoms with Crippen LogP contribution in [0.2, 0.25) is 0 Å². The summed E-state index contributed by atoms with van der Waals surface area (Å²) in [5.41, 5.74) is 10.5. The van der Waals surface area contributed by atoms with Crippen LogP contribution in [0, 0.1) is 0 Å². The van der Waals surface area contributed by atoms with Crippen molar-refractivity contribution in [2.24, 2.45) is 9.98 Å². The molecule has 0 spiro atoms. The Morgan fingerprint density at radius 1 is 0.486 bits per heavy atom. The molecule has 0 aliphatic rings. The van der Waals surface area contributed by atoms with Gasteiger partial charge in [0.2, 0.25) is 0 Å². The first-order valence-electron chi connectivity index (χ1n) is 15.0. The minimum Gasteiger partial charge on any atom is -0.252 e. The fourth-order valence-electron chi connectivity index (χ4n) is 4.92. The van der Waals surface area contributed by atoms with Crippen LogP contribution in [0.1, 0.15) is 128 Å². The number of aliphatic imine (C=N–C) groups is 2. The molecule has 0 unspecified atom stereocenters. The monoisotopic (exact) mass is 546 g/mol. The molecule has 37 heavy (non-hydrogen) atoms. The first-order valence-corrected chi connectivity index (χ1v) is 15.0. The van der Waals surface area contributed by atoms with Crippen LogP contribution in [-0.2, 0) is 42.2 Å². The standard InChI is InChI=1S/C34H52N2.Ni/c1-7-13-19-33(35-31-23-21-27(15-9-3)29(25-31)17-11-5)34(20-14-8-2)36-32-24-22-28(16-10-4)30(26-32)18-12-6;/h21-26H,7-20H2,1-6H3;. The normalized spacial score (nSPS) is 12.1. The average Bonchev–Trinajstić information content (AvgIpc) is 2.88. The third-order valence-electron chi connectivity index (χ3n) is 6.85. The van der Waals surface area contributed by atoms with Crippen LogP contribution in [0.5, 0.6) is 0 Å². The third-order valence-corrected chi connectivity index (χ3v) is 6.85. The van der Waals surface area contributed by atoms with Gasteiger partial charge in [-0.1, -0.05) is 92.2 Å². The summed E-state index contributed by atoms with van der Waals surface area (Å²) in [6, 6.07) is 13.8. The summed E-state index contributed by atoms with van der Waals surface area (Å²) in [4.78, 5) is 10.6. The molecule has 0 amide bonds. The molecule has 0 fully saturated rings. The molecule has 0 heterocycles. The van der Waals surface area contributed by atoms with Gasteiger partial charge in [-0.05, 0) is 97.9 Å². The zero-order valence-corrected chi connectivity index (χ0v) is 25.6. The van der Waals surface area contributed by atoms with Crippen LogP contribution in [0.25, 0.3) is 0 Å². The zero-order valence-electron chi connectivity index (χ0n) is 24.6. The van der Waals surface area contributed by atoms with Gasteiger partial charge in [-0.15, -0.1) is 0 Å². The fraction of sp³-hybridized carbons (Fsp3) is 0.588. The Morgan fingerprint density at radius 2 is 0.838 bits per heavy atom. The maximum atomic E-state index is 5.28. The Bertz CT molecular complexity index is 894. The summed E-state index contributed by atoms with van der Waals surface area (Å²) in [7, 11) is 0. The first-order chi connectivity index (χ1) is 17.6. The summed E-state index contributed by atoms with van der Waals surface area (Å²) in [5, 5.41) is 0. The maximum absolute atomic E-state index is 5.28. The van der Waals surface area contributed by atoms with Gasteiger partial charge in [0.25, 0.3) is 0 Å². The van der Waals surface area contributed by atoms with Crippen molar-refractivity contribution < 1.29 is 16.5 Å². The minimum atomic E-state index is 0. The van der Waals surface area contributed by atoms with Crippen LogP contribution >= 0.6 is 0 Å². The van der Waals surface area contributed by atoms with Gasteiger partial charge in [0.1, 0.15) is 0 Å². The van der Waals surface area contributed by atoms with E-state index < -0.39 is 0 Å². The SMILES string of the molecule is CCCCC(=Nc1ccc(CCC)c(CCC)c1)C(CCCC)=Nc1ccc(CCC)c(CCC)c1.[Ni]. The largest absolute Gasteiger partial charge is 0.252 e. The second-order valence-corrected chi connectivity index (χ2v) is 10.2. The van der Waals surface area contributed by atoms with Crippen LogP contribution in [0.15, 0.2) is 46.4 Å². The molecule has 0 aliphatic carbocycles. The molecule has 2 aromatic rings. The summed E-state index contributed by atoms with van der Waals surface area (Å²) in [6.07, 6.45) is 15.9. The average molecular weight is 547 g/mol. The van der Waals surface area contributed by atoms with Crippen molar-refractivity contribution >= 4 is 22.8 Å². The topological polar surface area (TPSA) is 24.7 Å². The van der Waals surface area contributed by atoms with E-state index >= 15 is 0 Å². The molecule has 0 saturated carbocycles. The summed E-state index contributed by atoms with van der Waals surface area (Å²) < 4.78 is 0. The van der Waals surface area contributed by atoms with Gasteiger partial charge in [0, 0.05) is 16.5 Å². The number of nitrogens with zero attached hydrogens (tertiary/aromatic N) is 2. The van der Waals surface area contributed by atoms with Crippen molar-refractivity contribution in [3.05, 3.63) is 58.7 Å². The Labute approximate surface area is 238 Å². The molecular weight excluding hydrogens is 495 g/mol. The van der Waals surface area contributed by atoms with Gasteiger partial charge in [0.15, 0.2) is 0 Å². The minimum absolute atomic E-state index is 0. The van der Waals surface area contributed by atoms with E-state index in [-0.39, 0.29) is 16.5 Å². The predicted molar refractivity (Wildman–Crippen MR) is 162 cm³/mol. The molecule has 2 aromatic carbocycles. The van der Waals surface area contributed by atoms with Gasteiger partial charge in [-0.3, -0.25) is 9.98 Å². The van der Waals surface area contributed by atoms with Gasteiger partial charge in [0.05, 0.1) is 22.8 Å². The van der Waals surface area contributed by atoms with Crippen LogP contribution in [0.4, 0.5) is 11.4 Å². The molecule has 0 saturated heterocycles. The van der Waals surface area contributed by atoms with E-state index in [0.29, 0.717) is 0 Å². The zero-order chi connectivity index (χ0) is 26.2.